The molecule has 31 heavy (non-hydrogen) atoms. The number of alkyl halides is 3. The number of hydrogen-bond donors (Lipinski definition) is 2. The van der Waals surface area contributed by atoms with E-state index >= 15 is 0 Å². The average Bonchev–Trinajstić information content (AvgIpc) is 3.27. The van der Waals surface area contributed by atoms with Crippen LogP contribution in [0, 0.1) is 5.41 Å². The van der Waals surface area contributed by atoms with E-state index in [0.29, 0.717) is 0 Å². The Labute approximate surface area is 176 Å². The van der Waals surface area contributed by atoms with Crippen molar-refractivity contribution in [1.29, 1.82) is 0 Å². The molecule has 0 radical (unpaired) electrons. The molecule has 2 aliphatic rings. The van der Waals surface area contributed by atoms with E-state index in [2.05, 4.69) is 20.4 Å². The molecule has 166 valence electrons. The van der Waals surface area contributed by atoms with E-state index in [-0.39, 0.29) is 41.9 Å². The van der Waals surface area contributed by atoms with Gasteiger partial charge in [-0.1, -0.05) is 26.7 Å². The van der Waals surface area contributed by atoms with Gasteiger partial charge in [-0.15, -0.1) is 0 Å². The number of rotatable bonds is 4. The van der Waals surface area contributed by atoms with Gasteiger partial charge in [0.25, 0.3) is 11.9 Å². The number of nitrogens with one attached hydrogen (secondary N) is 1. The Morgan fingerprint density at radius 2 is 1.94 bits per heavy atom. The molecule has 4 rings (SSSR count). The molecule has 0 atom stereocenters. The number of anilines is 1. The fourth-order valence-corrected chi connectivity index (χ4v) is 4.34. The minimum atomic E-state index is -4.80. The van der Waals surface area contributed by atoms with Gasteiger partial charge in [-0.2, -0.15) is 23.3 Å². The molecule has 2 aliphatic carbocycles. The highest BCUT2D eigenvalue weighted by Crippen LogP contribution is 2.41. The van der Waals surface area contributed by atoms with Crippen molar-refractivity contribution in [2.45, 2.75) is 64.6 Å². The zero-order chi connectivity index (χ0) is 22.6. The number of fused-ring (bicyclic) bond motifs is 1. The van der Waals surface area contributed by atoms with Gasteiger partial charge in [0.1, 0.15) is 5.82 Å². The third-order valence-corrected chi connectivity index (χ3v) is 5.74. The van der Waals surface area contributed by atoms with E-state index in [1.54, 1.807) is 0 Å². The van der Waals surface area contributed by atoms with Crippen LogP contribution in [0.2, 0.25) is 0 Å². The third kappa shape index (κ3) is 4.00. The maximum Gasteiger partial charge on any atom is 0.435 e. The van der Waals surface area contributed by atoms with Crippen LogP contribution in [0.1, 0.15) is 78.1 Å². The Hall–Kier alpha value is -2.98. The van der Waals surface area contributed by atoms with Gasteiger partial charge >= 0.3 is 6.18 Å². The van der Waals surface area contributed by atoms with Crippen LogP contribution in [0.4, 0.5) is 19.0 Å². The Morgan fingerprint density at radius 1 is 1.26 bits per heavy atom. The summed E-state index contributed by atoms with van der Waals surface area (Å²) >= 11 is 0. The highest BCUT2D eigenvalue weighted by atomic mass is 19.4. The molecule has 2 aromatic heterocycles. The monoisotopic (exact) mass is 436 g/mol. The number of carbonyl (C=O) groups is 2. The van der Waals surface area contributed by atoms with Crippen LogP contribution >= 0.6 is 0 Å². The second kappa shape index (κ2) is 7.31. The number of carbonyl (C=O) groups excluding carboxylic acids is 2. The summed E-state index contributed by atoms with van der Waals surface area (Å²) in [7, 11) is 0. The summed E-state index contributed by atoms with van der Waals surface area (Å²) in [5, 5.41) is 6.86. The van der Waals surface area contributed by atoms with E-state index in [9.17, 15) is 22.8 Å². The molecule has 1 fully saturated rings. The van der Waals surface area contributed by atoms with E-state index < -0.39 is 34.5 Å². The first-order valence-corrected chi connectivity index (χ1v) is 10.1. The van der Waals surface area contributed by atoms with Gasteiger partial charge in [0, 0.05) is 18.7 Å². The van der Waals surface area contributed by atoms with Gasteiger partial charge in [0.05, 0.1) is 16.8 Å². The van der Waals surface area contributed by atoms with E-state index in [0.717, 1.165) is 30.4 Å². The molecular formula is C20H23F3N6O2. The Kier molecular flexibility index (Phi) is 5.01. The number of primary amides is 1. The molecule has 0 spiro atoms. The molecule has 0 saturated heterocycles. The zero-order valence-electron chi connectivity index (χ0n) is 17.2. The van der Waals surface area contributed by atoms with Crippen LogP contribution in [0.5, 0.6) is 0 Å². The standard InChI is InChI=1S/C20H23F3N6O2/c1-19(2)7-12-14(13(30)8-19)15(20(21,22)23)28-29(12)18-25-9-11(16(24)31)17(27-18)26-10-5-3-4-6-10/h9-10H,3-8H2,1-2H3,(H2,24,31)(H,25,26,27). The van der Waals surface area contributed by atoms with E-state index in [1.807, 2.05) is 13.8 Å². The molecule has 8 nitrogen and oxygen atoms in total. The normalized spacial score (nSPS) is 18.8. The van der Waals surface area contributed by atoms with Crippen molar-refractivity contribution >= 4 is 17.5 Å². The lowest BCUT2D eigenvalue weighted by Crippen LogP contribution is -2.29. The van der Waals surface area contributed by atoms with E-state index in [4.69, 9.17) is 5.73 Å². The Balaban J connectivity index is 1.86. The lowest BCUT2D eigenvalue weighted by atomic mass is 9.75. The van der Waals surface area contributed by atoms with Crippen LogP contribution in [0.15, 0.2) is 6.20 Å². The van der Waals surface area contributed by atoms with Crippen LogP contribution in [0.25, 0.3) is 5.95 Å². The fraction of sp³-hybridized carbons (Fsp3) is 0.550. The summed E-state index contributed by atoms with van der Waals surface area (Å²) in [6.45, 7) is 3.62. The number of aromatic nitrogens is 4. The summed E-state index contributed by atoms with van der Waals surface area (Å²) in [6.07, 6.45) is 0.393. The highest BCUT2D eigenvalue weighted by Gasteiger charge is 2.45. The minimum absolute atomic E-state index is 0.00920. The average molecular weight is 436 g/mol. The largest absolute Gasteiger partial charge is 0.435 e. The molecule has 1 saturated carbocycles. The van der Waals surface area contributed by atoms with Crippen molar-refractivity contribution < 1.29 is 22.8 Å². The predicted molar refractivity (Wildman–Crippen MR) is 105 cm³/mol. The minimum Gasteiger partial charge on any atom is -0.367 e. The molecule has 1 amide bonds. The highest BCUT2D eigenvalue weighted by molar-refractivity contribution is 6.00. The maximum atomic E-state index is 13.6. The van der Waals surface area contributed by atoms with Crippen LogP contribution < -0.4 is 11.1 Å². The third-order valence-electron chi connectivity index (χ3n) is 5.74. The Bertz CT molecular complexity index is 1050. The van der Waals surface area contributed by atoms with Gasteiger partial charge in [-0.25, -0.2) is 9.67 Å². The van der Waals surface area contributed by atoms with E-state index in [1.165, 1.54) is 6.20 Å². The summed E-state index contributed by atoms with van der Waals surface area (Å²) in [6, 6.07) is 0.0821. The number of nitrogens with zero attached hydrogens (tertiary/aromatic N) is 4. The molecule has 3 N–H and O–H groups in total. The summed E-state index contributed by atoms with van der Waals surface area (Å²) in [5.41, 5.74) is 3.38. The molecule has 11 heteroatoms. The molecule has 2 heterocycles. The second-order valence-corrected chi connectivity index (χ2v) is 8.94. The lowest BCUT2D eigenvalue weighted by Gasteiger charge is -2.29. The topological polar surface area (TPSA) is 116 Å². The van der Waals surface area contributed by atoms with Gasteiger partial charge in [-0.05, 0) is 24.7 Å². The summed E-state index contributed by atoms with van der Waals surface area (Å²) < 4.78 is 41.9. The predicted octanol–water partition coefficient (Wildman–Crippen LogP) is 3.29. The van der Waals surface area contributed by atoms with Crippen LogP contribution in [-0.2, 0) is 12.6 Å². The molecule has 0 unspecified atom stereocenters. The van der Waals surface area contributed by atoms with Crippen molar-refractivity contribution in [3.05, 3.63) is 28.7 Å². The number of ketones is 1. The van der Waals surface area contributed by atoms with Crippen molar-refractivity contribution in [3.8, 4) is 5.95 Å². The number of nitrogens with two attached hydrogens (primary N) is 1. The quantitative estimate of drug-likeness (QED) is 0.760. The molecule has 2 aromatic rings. The Morgan fingerprint density at radius 3 is 2.55 bits per heavy atom. The number of halogens is 3. The van der Waals surface area contributed by atoms with Gasteiger partial charge in [0.15, 0.2) is 11.5 Å². The van der Waals surface area contributed by atoms with Crippen LogP contribution in [-0.4, -0.2) is 37.5 Å². The number of amides is 1. The van der Waals surface area contributed by atoms with Crippen LogP contribution in [0.3, 0.4) is 0 Å². The number of hydrogen-bond acceptors (Lipinski definition) is 6. The lowest BCUT2D eigenvalue weighted by molar-refractivity contribution is -0.141. The fourth-order valence-electron chi connectivity index (χ4n) is 4.34. The number of Topliss-reactive ketones (excluding diaryl/α,β-unsaturated/α-hetero) is 1. The summed E-state index contributed by atoms with van der Waals surface area (Å²) in [4.78, 5) is 32.8. The molecule has 0 aromatic carbocycles. The first-order chi connectivity index (χ1) is 14.5. The van der Waals surface area contributed by atoms with Gasteiger partial charge < -0.3 is 11.1 Å². The van der Waals surface area contributed by atoms with Crippen molar-refractivity contribution in [2.24, 2.45) is 11.1 Å². The van der Waals surface area contributed by atoms with Crippen molar-refractivity contribution in [3.63, 3.8) is 0 Å². The molecular weight excluding hydrogens is 413 g/mol. The zero-order valence-corrected chi connectivity index (χ0v) is 17.2. The van der Waals surface area contributed by atoms with Crippen molar-refractivity contribution in [2.75, 3.05) is 5.32 Å². The smallest absolute Gasteiger partial charge is 0.367 e. The second-order valence-electron chi connectivity index (χ2n) is 8.94. The van der Waals surface area contributed by atoms with Crippen molar-refractivity contribution in [1.82, 2.24) is 19.7 Å². The SMILES string of the molecule is CC1(C)CC(=O)c2c(C(F)(F)F)nn(-c3ncc(C(N)=O)c(NC4CCCC4)n3)c2C1. The maximum absolute atomic E-state index is 13.6. The first-order valence-electron chi connectivity index (χ1n) is 10.1. The molecule has 0 aliphatic heterocycles. The molecule has 0 bridgehead atoms. The first kappa shape index (κ1) is 21.3. The summed E-state index contributed by atoms with van der Waals surface area (Å²) in [5.74, 6) is -1.35. The van der Waals surface area contributed by atoms with Gasteiger partial charge in [-0.3, -0.25) is 9.59 Å². The van der Waals surface area contributed by atoms with Gasteiger partial charge in [0.2, 0.25) is 0 Å².